The Balaban J connectivity index is 1.49. The number of amides is 1. The Kier molecular flexibility index (Phi) is 6.99. The predicted octanol–water partition coefficient (Wildman–Crippen LogP) is 4.27. The fourth-order valence-corrected chi connectivity index (χ4v) is 3.82. The first-order chi connectivity index (χ1) is 15.1. The Bertz CT molecular complexity index is 1020. The third kappa shape index (κ3) is 5.92. The number of ether oxygens (including phenoxy) is 2. The van der Waals surface area contributed by atoms with Crippen molar-refractivity contribution in [1.29, 1.82) is 0 Å². The minimum Gasteiger partial charge on any atom is -0.494 e. The largest absolute Gasteiger partial charge is 0.494 e. The number of carbonyl (C=O) groups is 1. The SMILES string of the molecule is CCOc1ccc(OCc2nnc(SCC(=O)NC3CC3)n2-c2ccc(Cl)cc2)cc1. The topological polar surface area (TPSA) is 78.3 Å². The van der Waals surface area contributed by atoms with Gasteiger partial charge in [-0.3, -0.25) is 9.36 Å². The summed E-state index contributed by atoms with van der Waals surface area (Å²) in [5.41, 5.74) is 0.852. The molecule has 0 saturated heterocycles. The van der Waals surface area contributed by atoms with Gasteiger partial charge in [0.15, 0.2) is 11.0 Å². The normalized spacial score (nSPS) is 13.1. The van der Waals surface area contributed by atoms with Crippen LogP contribution in [0.1, 0.15) is 25.6 Å². The molecule has 1 amide bonds. The molecule has 1 fully saturated rings. The lowest BCUT2D eigenvalue weighted by molar-refractivity contribution is -0.118. The minimum absolute atomic E-state index is 0.00495. The van der Waals surface area contributed by atoms with Crippen molar-refractivity contribution in [1.82, 2.24) is 20.1 Å². The van der Waals surface area contributed by atoms with Gasteiger partial charge in [-0.25, -0.2) is 0 Å². The molecule has 0 unspecified atom stereocenters. The number of hydrogen-bond acceptors (Lipinski definition) is 6. The first kappa shape index (κ1) is 21.5. The molecule has 0 spiro atoms. The quantitative estimate of drug-likeness (QED) is 0.457. The second kappa shape index (κ2) is 10.1. The fourth-order valence-electron chi connectivity index (χ4n) is 2.91. The molecule has 1 N–H and O–H groups in total. The zero-order valence-electron chi connectivity index (χ0n) is 17.1. The van der Waals surface area contributed by atoms with Crippen molar-refractivity contribution >= 4 is 29.3 Å². The molecule has 1 aliphatic rings. The van der Waals surface area contributed by atoms with Crippen molar-refractivity contribution in [2.45, 2.75) is 37.6 Å². The van der Waals surface area contributed by atoms with Crippen molar-refractivity contribution in [3.63, 3.8) is 0 Å². The highest BCUT2D eigenvalue weighted by Gasteiger charge is 2.24. The predicted molar refractivity (Wildman–Crippen MR) is 120 cm³/mol. The maximum Gasteiger partial charge on any atom is 0.230 e. The molecule has 9 heteroatoms. The maximum absolute atomic E-state index is 12.1. The third-order valence-corrected chi connectivity index (χ3v) is 5.74. The summed E-state index contributed by atoms with van der Waals surface area (Å²) >= 11 is 7.40. The first-order valence-corrected chi connectivity index (χ1v) is 11.5. The number of thioether (sulfide) groups is 1. The summed E-state index contributed by atoms with van der Waals surface area (Å²) in [6.45, 7) is 2.78. The second-order valence-corrected chi connectivity index (χ2v) is 8.41. The van der Waals surface area contributed by atoms with E-state index in [2.05, 4.69) is 15.5 Å². The van der Waals surface area contributed by atoms with Gasteiger partial charge in [0.05, 0.1) is 12.4 Å². The van der Waals surface area contributed by atoms with Crippen LogP contribution in [0, 0.1) is 0 Å². The van der Waals surface area contributed by atoms with Crippen LogP contribution < -0.4 is 14.8 Å². The number of aromatic nitrogens is 3. The summed E-state index contributed by atoms with van der Waals surface area (Å²) < 4.78 is 13.3. The number of hydrogen-bond donors (Lipinski definition) is 1. The lowest BCUT2D eigenvalue weighted by Gasteiger charge is -2.12. The zero-order chi connectivity index (χ0) is 21.6. The molecule has 4 rings (SSSR count). The molecule has 1 aromatic heterocycles. The molecule has 1 aliphatic carbocycles. The van der Waals surface area contributed by atoms with Gasteiger partial charge < -0.3 is 14.8 Å². The van der Waals surface area contributed by atoms with E-state index in [0.717, 1.165) is 24.3 Å². The van der Waals surface area contributed by atoms with E-state index in [4.69, 9.17) is 21.1 Å². The van der Waals surface area contributed by atoms with E-state index < -0.39 is 0 Å². The first-order valence-electron chi connectivity index (χ1n) is 10.1. The van der Waals surface area contributed by atoms with Gasteiger partial charge >= 0.3 is 0 Å². The zero-order valence-corrected chi connectivity index (χ0v) is 18.7. The summed E-state index contributed by atoms with van der Waals surface area (Å²) in [5, 5.41) is 12.9. The van der Waals surface area contributed by atoms with Crippen molar-refractivity contribution < 1.29 is 14.3 Å². The average Bonchev–Trinajstić information content (AvgIpc) is 3.49. The average molecular weight is 459 g/mol. The molecular formula is C22H23ClN4O3S. The van der Waals surface area contributed by atoms with Gasteiger partial charge in [0, 0.05) is 16.8 Å². The number of nitrogens with zero attached hydrogens (tertiary/aromatic N) is 3. The second-order valence-electron chi connectivity index (χ2n) is 7.03. The molecule has 0 radical (unpaired) electrons. The van der Waals surface area contributed by atoms with Gasteiger partial charge in [-0.05, 0) is 68.3 Å². The molecule has 31 heavy (non-hydrogen) atoms. The van der Waals surface area contributed by atoms with Crippen LogP contribution in [0.5, 0.6) is 11.5 Å². The van der Waals surface area contributed by atoms with Crippen LogP contribution >= 0.6 is 23.4 Å². The Morgan fingerprint density at radius 3 is 2.42 bits per heavy atom. The summed E-state index contributed by atoms with van der Waals surface area (Å²) in [5.74, 6) is 2.41. The minimum atomic E-state index is 0.00495. The summed E-state index contributed by atoms with van der Waals surface area (Å²) in [4.78, 5) is 12.1. The van der Waals surface area contributed by atoms with Crippen LogP contribution in [0.25, 0.3) is 5.69 Å². The van der Waals surface area contributed by atoms with E-state index in [9.17, 15) is 4.79 Å². The van der Waals surface area contributed by atoms with Gasteiger partial charge in [0.1, 0.15) is 18.1 Å². The van der Waals surface area contributed by atoms with Gasteiger partial charge in [-0.1, -0.05) is 23.4 Å². The highest BCUT2D eigenvalue weighted by Crippen LogP contribution is 2.25. The van der Waals surface area contributed by atoms with Crippen LogP contribution in [-0.2, 0) is 11.4 Å². The number of rotatable bonds is 10. The molecule has 1 saturated carbocycles. The molecule has 0 aliphatic heterocycles. The Morgan fingerprint density at radius 2 is 1.77 bits per heavy atom. The number of carbonyl (C=O) groups excluding carboxylic acids is 1. The monoisotopic (exact) mass is 458 g/mol. The summed E-state index contributed by atoms with van der Waals surface area (Å²) in [6, 6.07) is 15.2. The smallest absolute Gasteiger partial charge is 0.230 e. The standard InChI is InChI=1S/C22H23ClN4O3S/c1-2-29-18-9-11-19(12-10-18)30-13-20-25-26-22(31-14-21(28)24-16-5-6-16)27(20)17-7-3-15(23)4-8-17/h3-4,7-12,16H,2,5-6,13-14H2,1H3,(H,24,28). The molecule has 3 aromatic rings. The van der Waals surface area contributed by atoms with E-state index in [1.54, 1.807) is 0 Å². The molecule has 162 valence electrons. The van der Waals surface area contributed by atoms with Crippen molar-refractivity contribution in [2.75, 3.05) is 12.4 Å². The lowest BCUT2D eigenvalue weighted by Crippen LogP contribution is -2.27. The number of benzene rings is 2. The van der Waals surface area contributed by atoms with Gasteiger partial charge in [-0.15, -0.1) is 10.2 Å². The molecule has 7 nitrogen and oxygen atoms in total. The molecule has 0 atom stereocenters. The van der Waals surface area contributed by atoms with Gasteiger partial charge in [0.2, 0.25) is 5.91 Å². The van der Waals surface area contributed by atoms with Crippen molar-refractivity contribution in [3.8, 4) is 17.2 Å². The lowest BCUT2D eigenvalue weighted by atomic mass is 10.3. The molecule has 2 aromatic carbocycles. The van der Waals surface area contributed by atoms with E-state index in [0.29, 0.717) is 34.4 Å². The Morgan fingerprint density at radius 1 is 1.10 bits per heavy atom. The van der Waals surface area contributed by atoms with Crippen LogP contribution in [0.3, 0.4) is 0 Å². The fraction of sp³-hybridized carbons (Fsp3) is 0.318. The summed E-state index contributed by atoms with van der Waals surface area (Å²) in [6.07, 6.45) is 2.12. The number of halogens is 1. The molecule has 1 heterocycles. The molecule has 0 bridgehead atoms. The van der Waals surface area contributed by atoms with E-state index in [-0.39, 0.29) is 18.3 Å². The van der Waals surface area contributed by atoms with E-state index in [1.165, 1.54) is 11.8 Å². The third-order valence-electron chi connectivity index (χ3n) is 4.56. The van der Waals surface area contributed by atoms with Gasteiger partial charge in [0.25, 0.3) is 0 Å². The Hall–Kier alpha value is -2.71. The van der Waals surface area contributed by atoms with Gasteiger partial charge in [-0.2, -0.15) is 0 Å². The highest BCUT2D eigenvalue weighted by molar-refractivity contribution is 7.99. The van der Waals surface area contributed by atoms with E-state index in [1.807, 2.05) is 60.0 Å². The highest BCUT2D eigenvalue weighted by atomic mass is 35.5. The van der Waals surface area contributed by atoms with Crippen LogP contribution in [0.4, 0.5) is 0 Å². The maximum atomic E-state index is 12.1. The van der Waals surface area contributed by atoms with Crippen LogP contribution in [-0.4, -0.2) is 39.1 Å². The van der Waals surface area contributed by atoms with Crippen molar-refractivity contribution in [3.05, 3.63) is 59.4 Å². The molecular weight excluding hydrogens is 436 g/mol. The summed E-state index contributed by atoms with van der Waals surface area (Å²) in [7, 11) is 0. The van der Waals surface area contributed by atoms with Crippen LogP contribution in [0.2, 0.25) is 5.02 Å². The van der Waals surface area contributed by atoms with Crippen LogP contribution in [0.15, 0.2) is 53.7 Å². The Labute approximate surface area is 190 Å². The van der Waals surface area contributed by atoms with E-state index >= 15 is 0 Å². The van der Waals surface area contributed by atoms with Crippen molar-refractivity contribution in [2.24, 2.45) is 0 Å². The number of nitrogens with one attached hydrogen (secondary N) is 1.